The number of aromatic nitrogens is 3. The highest BCUT2D eigenvalue weighted by atomic mass is 35.5. The zero-order valence-corrected chi connectivity index (χ0v) is 22.7. The number of benzene rings is 2. The lowest BCUT2D eigenvalue weighted by Crippen LogP contribution is -2.53. The molecule has 2 aliphatic rings. The molecule has 4 aromatic rings. The number of nitrogens with zero attached hydrogens (tertiary/aromatic N) is 5. The zero-order chi connectivity index (χ0) is 29.0. The van der Waals surface area contributed by atoms with Crippen LogP contribution in [0.25, 0.3) is 11.0 Å². The van der Waals surface area contributed by atoms with Gasteiger partial charge in [0.05, 0.1) is 29.4 Å². The first-order valence-corrected chi connectivity index (χ1v) is 13.4. The van der Waals surface area contributed by atoms with Gasteiger partial charge in [0.25, 0.3) is 0 Å². The normalized spacial score (nSPS) is 15.4. The number of carbonyl (C=O) groups is 1. The lowest BCUT2D eigenvalue weighted by Gasteiger charge is -2.32. The lowest BCUT2D eigenvalue weighted by atomic mass is 10.0. The van der Waals surface area contributed by atoms with Gasteiger partial charge in [-0.1, -0.05) is 17.7 Å². The molecule has 1 saturated heterocycles. The molecule has 0 radical (unpaired) electrons. The maximum Gasteiger partial charge on any atom is 0.335 e. The number of imidazole rings is 1. The Morgan fingerprint density at radius 2 is 2.00 bits per heavy atom. The molecule has 0 atom stereocenters. The second kappa shape index (κ2) is 12.2. The van der Waals surface area contributed by atoms with E-state index >= 15 is 0 Å². The molecule has 12 heteroatoms. The quantitative estimate of drug-likeness (QED) is 0.272. The van der Waals surface area contributed by atoms with Crippen molar-refractivity contribution in [3.63, 3.8) is 0 Å². The van der Waals surface area contributed by atoms with Crippen molar-refractivity contribution < 1.29 is 23.4 Å². The minimum absolute atomic E-state index is 0.0927. The third-order valence-corrected chi connectivity index (χ3v) is 7.32. The van der Waals surface area contributed by atoms with Gasteiger partial charge in [0.15, 0.2) is 17.4 Å². The van der Waals surface area contributed by atoms with E-state index in [-0.39, 0.29) is 28.9 Å². The number of aromatic carboxylic acids is 1. The molecule has 9 nitrogen and oxygen atoms in total. The van der Waals surface area contributed by atoms with E-state index < -0.39 is 17.6 Å². The first-order chi connectivity index (χ1) is 19.8. The summed E-state index contributed by atoms with van der Waals surface area (Å²) in [6.07, 6.45) is 4.00. The van der Waals surface area contributed by atoms with Crippen molar-refractivity contribution in [3.05, 3.63) is 88.5 Å². The van der Waals surface area contributed by atoms with E-state index in [1.165, 1.54) is 18.2 Å². The number of ether oxygens (including phenoxy) is 1. The molecule has 2 fully saturated rings. The molecule has 0 spiro atoms. The van der Waals surface area contributed by atoms with Crippen LogP contribution in [-0.2, 0) is 19.7 Å². The fourth-order valence-corrected chi connectivity index (χ4v) is 4.68. The van der Waals surface area contributed by atoms with Crippen LogP contribution in [0.3, 0.4) is 0 Å². The average Bonchev–Trinajstić information content (AvgIpc) is 3.60. The number of carboxylic acid groups (broad SMARTS) is 1. The zero-order valence-electron chi connectivity index (χ0n) is 22.0. The molecule has 3 heterocycles. The highest BCUT2D eigenvalue weighted by Crippen LogP contribution is 2.50. The van der Waals surface area contributed by atoms with E-state index in [0.717, 1.165) is 37.7 Å². The summed E-state index contributed by atoms with van der Waals surface area (Å²) >= 11 is 5.63. The fraction of sp³-hybridized carbons (Fsp3) is 0.310. The van der Waals surface area contributed by atoms with E-state index in [1.54, 1.807) is 12.3 Å². The minimum atomic E-state index is -1.17. The number of nitriles is 1. The fourth-order valence-electron chi connectivity index (χ4n) is 4.52. The van der Waals surface area contributed by atoms with E-state index in [0.29, 0.717) is 35.9 Å². The van der Waals surface area contributed by atoms with Crippen LogP contribution < -0.4 is 10.2 Å². The minimum Gasteiger partial charge on any atom is -0.484 e. The Bertz CT molecular complexity index is 1600. The number of hydrogen-bond acceptors (Lipinski definition) is 7. The first kappa shape index (κ1) is 28.4. The Labute approximate surface area is 239 Å². The number of halogens is 3. The predicted molar refractivity (Wildman–Crippen MR) is 147 cm³/mol. The first-order valence-electron chi connectivity index (χ1n) is 13.0. The van der Waals surface area contributed by atoms with Gasteiger partial charge in [-0.2, -0.15) is 5.26 Å². The third-order valence-electron chi connectivity index (χ3n) is 7.08. The molecule has 2 aromatic carbocycles. The lowest BCUT2D eigenvalue weighted by molar-refractivity contribution is 0.0696. The second-order valence-corrected chi connectivity index (χ2v) is 10.5. The molecule has 6 rings (SSSR count). The van der Waals surface area contributed by atoms with Crippen molar-refractivity contribution in [1.29, 1.82) is 5.26 Å². The van der Waals surface area contributed by atoms with Crippen molar-refractivity contribution >= 4 is 28.6 Å². The summed E-state index contributed by atoms with van der Waals surface area (Å²) in [6.45, 7) is 3.09. The van der Waals surface area contributed by atoms with Crippen LogP contribution in [0.2, 0.25) is 5.02 Å². The summed E-state index contributed by atoms with van der Waals surface area (Å²) in [5, 5.41) is 20.6. The smallest absolute Gasteiger partial charge is 0.335 e. The van der Waals surface area contributed by atoms with Gasteiger partial charge < -0.3 is 14.4 Å². The largest absolute Gasteiger partial charge is 0.484 e. The summed E-state index contributed by atoms with van der Waals surface area (Å²) in [5.74, 6) is -1.40. The van der Waals surface area contributed by atoms with Crippen LogP contribution in [0.4, 0.5) is 8.78 Å². The highest BCUT2D eigenvalue weighted by Gasteiger charge is 2.43. The number of hydrazine groups is 1. The summed E-state index contributed by atoms with van der Waals surface area (Å²) in [7, 11) is 0. The van der Waals surface area contributed by atoms with E-state index in [4.69, 9.17) is 21.6 Å². The van der Waals surface area contributed by atoms with Gasteiger partial charge >= 0.3 is 5.97 Å². The molecule has 1 aliphatic heterocycles. The molecule has 1 aliphatic carbocycles. The van der Waals surface area contributed by atoms with Crippen LogP contribution in [0.5, 0.6) is 5.75 Å². The standard InChI is InChI=1S/C17H18FN5O2.C12H9ClFNO/c18-12-7-11(16(24)25)8-13-15(12)21-14(9-22-6-5-20-22)23(13)10-17(1-2-17)3-4-19;13-9-4-5-12(11(14)7-9)16-8-10-3-1-2-6-15-10/h7-8,20H,1-3,5-6,9-10H2,(H,24,25);1-7H,8H2. The van der Waals surface area contributed by atoms with Crippen LogP contribution in [-0.4, -0.2) is 43.7 Å². The monoisotopic (exact) mass is 580 g/mol. The summed E-state index contributed by atoms with van der Waals surface area (Å²) in [6, 6.07) is 14.5. The van der Waals surface area contributed by atoms with Gasteiger partial charge in [-0.15, -0.1) is 0 Å². The summed E-state index contributed by atoms with van der Waals surface area (Å²) in [4.78, 5) is 19.8. The van der Waals surface area contributed by atoms with Crippen molar-refractivity contribution in [2.24, 2.45) is 5.41 Å². The van der Waals surface area contributed by atoms with Crippen molar-refractivity contribution in [2.75, 3.05) is 13.1 Å². The van der Waals surface area contributed by atoms with Gasteiger partial charge in [0.2, 0.25) is 0 Å². The van der Waals surface area contributed by atoms with Crippen LogP contribution >= 0.6 is 11.6 Å². The number of pyridine rings is 1. The van der Waals surface area contributed by atoms with Gasteiger partial charge in [-0.05, 0) is 55.3 Å². The number of carboxylic acids is 1. The Morgan fingerprint density at radius 1 is 1.20 bits per heavy atom. The second-order valence-electron chi connectivity index (χ2n) is 10.1. The number of fused-ring (bicyclic) bond motifs is 1. The third kappa shape index (κ3) is 6.79. The topological polar surface area (TPSA) is 116 Å². The Kier molecular flexibility index (Phi) is 8.44. The Balaban J connectivity index is 0.000000182. The van der Waals surface area contributed by atoms with Crippen molar-refractivity contribution in [2.45, 2.75) is 39.0 Å². The number of nitrogens with one attached hydrogen (secondary N) is 1. The number of hydrogen-bond donors (Lipinski definition) is 2. The van der Waals surface area contributed by atoms with Crippen LogP contribution in [0, 0.1) is 28.4 Å². The van der Waals surface area contributed by atoms with Crippen molar-refractivity contribution in [1.82, 2.24) is 25.0 Å². The summed E-state index contributed by atoms with van der Waals surface area (Å²) in [5.41, 5.74) is 4.38. The van der Waals surface area contributed by atoms with Gasteiger partial charge in [-0.3, -0.25) is 10.4 Å². The van der Waals surface area contributed by atoms with E-state index in [9.17, 15) is 18.7 Å². The Morgan fingerprint density at radius 3 is 2.61 bits per heavy atom. The molecule has 0 amide bonds. The molecule has 41 heavy (non-hydrogen) atoms. The van der Waals surface area contributed by atoms with Gasteiger partial charge in [-0.25, -0.2) is 23.6 Å². The predicted octanol–water partition coefficient (Wildman–Crippen LogP) is 5.34. The SMILES string of the molecule is Fc1cc(Cl)ccc1OCc1ccccn1.N#CCC1(Cn2c(CN3CCN3)nc3c(F)cc(C(=O)O)cc32)CC1. The molecule has 2 aromatic heterocycles. The molecule has 2 N–H and O–H groups in total. The van der Waals surface area contributed by atoms with Gasteiger partial charge in [0, 0.05) is 42.7 Å². The summed E-state index contributed by atoms with van der Waals surface area (Å²) < 4.78 is 34.9. The molecule has 1 saturated carbocycles. The van der Waals surface area contributed by atoms with E-state index in [2.05, 4.69) is 21.5 Å². The van der Waals surface area contributed by atoms with Crippen molar-refractivity contribution in [3.8, 4) is 11.8 Å². The molecule has 0 unspecified atom stereocenters. The molecular formula is C29H27ClF2N6O3. The molecule has 0 bridgehead atoms. The molecule has 212 valence electrons. The Hall–Kier alpha value is -4.11. The van der Waals surface area contributed by atoms with Crippen LogP contribution in [0.15, 0.2) is 54.7 Å². The highest BCUT2D eigenvalue weighted by molar-refractivity contribution is 6.30. The number of rotatable bonds is 9. The van der Waals surface area contributed by atoms with E-state index in [1.807, 2.05) is 27.8 Å². The maximum atomic E-state index is 14.4. The molecular weight excluding hydrogens is 554 g/mol. The van der Waals surface area contributed by atoms with Crippen LogP contribution in [0.1, 0.15) is 41.1 Å². The maximum absolute atomic E-state index is 14.4. The van der Waals surface area contributed by atoms with Gasteiger partial charge in [0.1, 0.15) is 17.9 Å². The average molecular weight is 581 g/mol.